The van der Waals surface area contributed by atoms with Gasteiger partial charge in [-0.05, 0) is 43.2 Å². The van der Waals surface area contributed by atoms with E-state index in [1.54, 1.807) is 53.4 Å². The number of nitrogens with zero attached hydrogens (tertiary/aromatic N) is 4. The molecule has 1 aromatic carbocycles. The second-order valence-electron chi connectivity index (χ2n) is 8.04. The third-order valence-electron chi connectivity index (χ3n) is 5.91. The molecule has 9 heteroatoms. The van der Waals surface area contributed by atoms with E-state index in [1.165, 1.54) is 4.90 Å². The highest BCUT2D eigenvalue weighted by atomic mass is 35.5. The van der Waals surface area contributed by atoms with Crippen LogP contribution in [0.1, 0.15) is 47.8 Å². The molecule has 0 radical (unpaired) electrons. The Morgan fingerprint density at radius 2 is 1.88 bits per heavy atom. The monoisotopic (exact) mass is 464 g/mol. The zero-order chi connectivity index (χ0) is 22.9. The van der Waals surface area contributed by atoms with Crippen molar-refractivity contribution in [2.45, 2.75) is 31.9 Å². The van der Waals surface area contributed by atoms with E-state index in [0.29, 0.717) is 47.3 Å². The van der Waals surface area contributed by atoms with Gasteiger partial charge >= 0.3 is 5.97 Å². The van der Waals surface area contributed by atoms with E-state index in [2.05, 4.69) is 9.97 Å². The van der Waals surface area contributed by atoms with Crippen molar-refractivity contribution in [1.29, 1.82) is 0 Å². The van der Waals surface area contributed by atoms with Gasteiger partial charge in [0.05, 0.1) is 6.42 Å². The number of halogens is 1. The smallest absolute Gasteiger partial charge is 0.309 e. The van der Waals surface area contributed by atoms with Gasteiger partial charge in [0.1, 0.15) is 11.0 Å². The first-order valence-corrected chi connectivity index (χ1v) is 11.2. The van der Waals surface area contributed by atoms with Crippen molar-refractivity contribution < 1.29 is 19.1 Å². The molecule has 8 nitrogen and oxygen atoms in total. The molecule has 4 heterocycles. The van der Waals surface area contributed by atoms with E-state index in [1.807, 2.05) is 0 Å². The zero-order valence-electron chi connectivity index (χ0n) is 17.7. The number of rotatable bonds is 5. The number of pyridine rings is 2. The molecule has 2 aliphatic rings. The number of ether oxygens (including phenoxy) is 1. The first-order valence-electron chi connectivity index (χ1n) is 10.8. The summed E-state index contributed by atoms with van der Waals surface area (Å²) in [6, 6.07) is 13.9. The largest absolute Gasteiger partial charge is 0.437 e. The first kappa shape index (κ1) is 21.3. The molecule has 0 bridgehead atoms. The van der Waals surface area contributed by atoms with Crippen molar-refractivity contribution in [3.63, 3.8) is 0 Å². The first-order chi connectivity index (χ1) is 16.0. The molecule has 5 rings (SSSR count). The highest BCUT2D eigenvalue weighted by Gasteiger charge is 2.41. The van der Waals surface area contributed by atoms with E-state index in [-0.39, 0.29) is 18.2 Å². The highest BCUT2D eigenvalue weighted by Crippen LogP contribution is 2.38. The number of piperidine rings is 1. The number of benzene rings is 1. The fraction of sp³-hybridized carbons (Fsp3) is 0.292. The molecule has 2 amide bonds. The van der Waals surface area contributed by atoms with Crippen LogP contribution >= 0.6 is 11.6 Å². The molecule has 1 unspecified atom stereocenters. The molecule has 0 N–H and O–H groups in total. The molecule has 3 aromatic rings. The normalized spacial score (nSPS) is 18.0. The molecule has 1 saturated heterocycles. The van der Waals surface area contributed by atoms with Gasteiger partial charge < -0.3 is 9.64 Å². The van der Waals surface area contributed by atoms with Crippen LogP contribution in [0, 0.1) is 0 Å². The van der Waals surface area contributed by atoms with Crippen LogP contribution in [0.25, 0.3) is 11.0 Å². The molecule has 1 atom stereocenters. The zero-order valence-corrected chi connectivity index (χ0v) is 18.5. The Morgan fingerprint density at radius 3 is 2.73 bits per heavy atom. The van der Waals surface area contributed by atoms with Crippen LogP contribution in [-0.4, -0.2) is 45.7 Å². The van der Waals surface area contributed by atoms with Crippen molar-refractivity contribution in [1.82, 2.24) is 14.9 Å². The number of hydrogen-bond donors (Lipinski definition) is 0. The number of esters is 1. The maximum Gasteiger partial charge on any atom is 0.309 e. The molecule has 0 aliphatic carbocycles. The quantitative estimate of drug-likeness (QED) is 0.420. The lowest BCUT2D eigenvalue weighted by molar-refractivity contribution is -0.149. The number of amides is 2. The highest BCUT2D eigenvalue weighted by molar-refractivity contribution is 6.29. The van der Waals surface area contributed by atoms with Crippen LogP contribution in [0.2, 0.25) is 5.15 Å². The number of aromatic nitrogens is 2. The second kappa shape index (κ2) is 8.78. The maximum atomic E-state index is 13.2. The van der Waals surface area contributed by atoms with Crippen molar-refractivity contribution in [3.05, 3.63) is 64.8 Å². The van der Waals surface area contributed by atoms with Gasteiger partial charge in [0.25, 0.3) is 5.91 Å². The summed E-state index contributed by atoms with van der Waals surface area (Å²) in [4.78, 5) is 49.8. The Balaban J connectivity index is 1.41. The molecule has 2 aromatic heterocycles. The summed E-state index contributed by atoms with van der Waals surface area (Å²) in [5, 5.41) is 1.06. The van der Waals surface area contributed by atoms with Crippen molar-refractivity contribution in [2.75, 3.05) is 18.0 Å². The fourth-order valence-electron chi connectivity index (χ4n) is 4.23. The predicted molar refractivity (Wildman–Crippen MR) is 122 cm³/mol. The summed E-state index contributed by atoms with van der Waals surface area (Å²) < 4.78 is 5.78. The number of carbonyl (C=O) groups excluding carboxylic acids is 3. The summed E-state index contributed by atoms with van der Waals surface area (Å²) in [6.07, 6.45) is 1.43. The van der Waals surface area contributed by atoms with Crippen LogP contribution in [0.4, 0.5) is 5.82 Å². The minimum absolute atomic E-state index is 0.0503. The molecular formula is C24H21ClN4O4. The third kappa shape index (κ3) is 4.14. The SMILES string of the molecule is O=C(CCN1CCCCC1=O)OC1c2ccccc2C(=O)N1c1ccc2ccc(Cl)nc2n1. The average molecular weight is 465 g/mol. The molecule has 0 saturated carbocycles. The number of anilines is 1. The lowest BCUT2D eigenvalue weighted by atomic mass is 10.1. The van der Waals surface area contributed by atoms with Gasteiger partial charge in [-0.3, -0.25) is 19.3 Å². The average Bonchev–Trinajstić information content (AvgIpc) is 3.09. The summed E-state index contributed by atoms with van der Waals surface area (Å²) in [5.41, 5.74) is 1.42. The summed E-state index contributed by atoms with van der Waals surface area (Å²) in [7, 11) is 0. The Labute approximate surface area is 195 Å². The lowest BCUT2D eigenvalue weighted by Crippen LogP contribution is -2.37. The summed E-state index contributed by atoms with van der Waals surface area (Å²) in [6.45, 7) is 0.955. The van der Waals surface area contributed by atoms with E-state index >= 15 is 0 Å². The van der Waals surface area contributed by atoms with Gasteiger partial charge in [0.2, 0.25) is 12.1 Å². The Morgan fingerprint density at radius 1 is 1.06 bits per heavy atom. The molecule has 1 fully saturated rings. The Hall–Kier alpha value is -3.52. The van der Waals surface area contributed by atoms with Crippen molar-refractivity contribution >= 4 is 46.2 Å². The van der Waals surface area contributed by atoms with E-state index < -0.39 is 12.2 Å². The molecule has 33 heavy (non-hydrogen) atoms. The van der Waals surface area contributed by atoms with Crippen molar-refractivity contribution in [3.8, 4) is 0 Å². The van der Waals surface area contributed by atoms with Gasteiger partial charge in [0, 0.05) is 36.0 Å². The van der Waals surface area contributed by atoms with E-state index in [4.69, 9.17) is 16.3 Å². The van der Waals surface area contributed by atoms with Gasteiger partial charge in [-0.2, -0.15) is 0 Å². The van der Waals surface area contributed by atoms with Crippen LogP contribution in [0.15, 0.2) is 48.5 Å². The standard InChI is InChI=1S/C24H21ClN4O4/c25-18-10-8-15-9-11-19(27-22(15)26-18)29-23(32)16-5-1-2-6-17(16)24(29)33-21(31)12-14-28-13-4-3-7-20(28)30/h1-2,5-6,8-11,24H,3-4,7,12-14H2. The maximum absolute atomic E-state index is 13.2. The molecular weight excluding hydrogens is 444 g/mol. The van der Waals surface area contributed by atoms with Gasteiger partial charge in [-0.1, -0.05) is 29.8 Å². The van der Waals surface area contributed by atoms with Crippen LogP contribution in [0.5, 0.6) is 0 Å². The van der Waals surface area contributed by atoms with Crippen LogP contribution in [0.3, 0.4) is 0 Å². The summed E-state index contributed by atoms with van der Waals surface area (Å²) >= 11 is 6.01. The Bertz CT molecular complexity index is 1260. The van der Waals surface area contributed by atoms with Gasteiger partial charge in [-0.25, -0.2) is 9.97 Å². The molecule has 0 spiro atoms. The number of hydrogen-bond acceptors (Lipinski definition) is 6. The minimum atomic E-state index is -0.956. The summed E-state index contributed by atoms with van der Waals surface area (Å²) in [5.74, 6) is -0.440. The van der Waals surface area contributed by atoms with Gasteiger partial charge in [-0.15, -0.1) is 0 Å². The number of fused-ring (bicyclic) bond motifs is 2. The van der Waals surface area contributed by atoms with Crippen molar-refractivity contribution in [2.24, 2.45) is 0 Å². The van der Waals surface area contributed by atoms with Gasteiger partial charge in [0.15, 0.2) is 5.65 Å². The predicted octanol–water partition coefficient (Wildman–Crippen LogP) is 3.89. The minimum Gasteiger partial charge on any atom is -0.437 e. The fourth-order valence-corrected chi connectivity index (χ4v) is 4.37. The van der Waals surface area contributed by atoms with E-state index in [0.717, 1.165) is 18.2 Å². The Kier molecular flexibility index (Phi) is 5.68. The number of likely N-dealkylation sites (tertiary alicyclic amines) is 1. The van der Waals surface area contributed by atoms with Crippen LogP contribution < -0.4 is 4.90 Å². The van der Waals surface area contributed by atoms with Crippen LogP contribution in [-0.2, 0) is 14.3 Å². The molecule has 168 valence electrons. The second-order valence-corrected chi connectivity index (χ2v) is 8.43. The number of carbonyl (C=O) groups is 3. The topological polar surface area (TPSA) is 92.7 Å². The lowest BCUT2D eigenvalue weighted by Gasteiger charge is -2.27. The third-order valence-corrected chi connectivity index (χ3v) is 6.12. The van der Waals surface area contributed by atoms with E-state index in [9.17, 15) is 14.4 Å². The molecule has 2 aliphatic heterocycles.